The molecule has 0 saturated carbocycles. The van der Waals surface area contributed by atoms with Gasteiger partial charge in [0.05, 0.1) is 9.51 Å². The Morgan fingerprint density at radius 3 is 2.67 bits per heavy atom. The number of hydrogen-bond acceptors (Lipinski definition) is 5. The summed E-state index contributed by atoms with van der Waals surface area (Å²) in [4.78, 5) is 22.7. The molecular formula is C16H13ClN2O3S2. The fraction of sp³-hybridized carbons (Fsp3) is 0.188. The highest BCUT2D eigenvalue weighted by molar-refractivity contribution is 8.19. The molecule has 3 rings (SSSR count). The van der Waals surface area contributed by atoms with Crippen LogP contribution in [0.15, 0.2) is 42.5 Å². The van der Waals surface area contributed by atoms with Crippen LogP contribution in [0.5, 0.6) is 0 Å². The molecule has 2 aromatic rings. The van der Waals surface area contributed by atoms with E-state index in [1.807, 2.05) is 41.7 Å². The summed E-state index contributed by atoms with van der Waals surface area (Å²) < 4.78 is 0.387. The molecule has 1 fully saturated rings. The number of rotatable bonds is 4. The van der Waals surface area contributed by atoms with Crippen LogP contribution in [-0.4, -0.2) is 22.3 Å². The van der Waals surface area contributed by atoms with Crippen LogP contribution in [0.1, 0.15) is 20.5 Å². The van der Waals surface area contributed by atoms with Crippen molar-refractivity contribution in [1.82, 2.24) is 0 Å². The van der Waals surface area contributed by atoms with E-state index in [0.717, 1.165) is 17.1 Å². The van der Waals surface area contributed by atoms with Gasteiger partial charge < -0.3 is 5.32 Å². The summed E-state index contributed by atoms with van der Waals surface area (Å²) in [6.45, 7) is 0. The minimum absolute atomic E-state index is 0.00818. The van der Waals surface area contributed by atoms with Crippen molar-refractivity contribution < 1.29 is 9.72 Å². The highest BCUT2D eigenvalue weighted by Crippen LogP contribution is 2.45. The van der Waals surface area contributed by atoms with Gasteiger partial charge in [0.15, 0.2) is 0 Å². The summed E-state index contributed by atoms with van der Waals surface area (Å²) in [6.07, 6.45) is 0. The predicted octanol–water partition coefficient (Wildman–Crippen LogP) is 4.98. The van der Waals surface area contributed by atoms with Crippen molar-refractivity contribution in [3.63, 3.8) is 0 Å². The minimum atomic E-state index is -0.603. The normalized spacial score (nSPS) is 14.5. The lowest BCUT2D eigenvalue weighted by Gasteiger charge is -2.11. The summed E-state index contributed by atoms with van der Waals surface area (Å²) in [7, 11) is 0. The molecule has 1 aliphatic rings. The van der Waals surface area contributed by atoms with Gasteiger partial charge in [-0.25, -0.2) is 0 Å². The van der Waals surface area contributed by atoms with Crippen LogP contribution < -0.4 is 5.32 Å². The quantitative estimate of drug-likeness (QED) is 0.598. The van der Waals surface area contributed by atoms with Gasteiger partial charge in [0, 0.05) is 28.8 Å². The highest BCUT2D eigenvalue weighted by Gasteiger charge is 2.19. The number of nitrogens with zero attached hydrogens (tertiary/aromatic N) is 1. The Kier molecular flexibility index (Phi) is 5.33. The predicted molar refractivity (Wildman–Crippen MR) is 100 cm³/mol. The fourth-order valence-electron chi connectivity index (χ4n) is 2.31. The molecule has 8 heteroatoms. The zero-order chi connectivity index (χ0) is 17.1. The number of halogens is 1. The van der Waals surface area contributed by atoms with Crippen LogP contribution in [0.3, 0.4) is 0 Å². The molecule has 0 aromatic heterocycles. The van der Waals surface area contributed by atoms with E-state index in [9.17, 15) is 14.9 Å². The summed E-state index contributed by atoms with van der Waals surface area (Å²) in [5.41, 5.74) is 1.74. The second-order valence-corrected chi connectivity index (χ2v) is 8.21. The Bertz CT molecular complexity index is 795. The molecule has 1 saturated heterocycles. The number of amides is 1. The van der Waals surface area contributed by atoms with Gasteiger partial charge in [0.1, 0.15) is 5.02 Å². The minimum Gasteiger partial charge on any atom is -0.322 e. The molecule has 1 aliphatic heterocycles. The van der Waals surface area contributed by atoms with Crippen LogP contribution in [0.4, 0.5) is 11.4 Å². The molecule has 0 aliphatic carbocycles. The maximum absolute atomic E-state index is 12.3. The van der Waals surface area contributed by atoms with Crippen molar-refractivity contribution in [1.29, 1.82) is 0 Å². The number of benzene rings is 2. The van der Waals surface area contributed by atoms with Crippen molar-refractivity contribution >= 4 is 52.4 Å². The summed E-state index contributed by atoms with van der Waals surface area (Å²) in [6, 6.07) is 11.7. The largest absolute Gasteiger partial charge is 0.322 e. The Labute approximate surface area is 152 Å². The topological polar surface area (TPSA) is 72.2 Å². The number of carbonyl (C=O) groups excluding carboxylic acids is 1. The van der Waals surface area contributed by atoms with Gasteiger partial charge in [-0.3, -0.25) is 14.9 Å². The number of nitrogens with one attached hydrogen (secondary N) is 1. The van der Waals surface area contributed by atoms with E-state index in [2.05, 4.69) is 5.32 Å². The lowest BCUT2D eigenvalue weighted by molar-refractivity contribution is -0.384. The highest BCUT2D eigenvalue weighted by atomic mass is 35.5. The van der Waals surface area contributed by atoms with E-state index in [-0.39, 0.29) is 16.3 Å². The Morgan fingerprint density at radius 1 is 1.21 bits per heavy atom. The van der Waals surface area contributed by atoms with Crippen LogP contribution in [0.25, 0.3) is 0 Å². The Hall–Kier alpha value is -1.70. The van der Waals surface area contributed by atoms with E-state index in [0.29, 0.717) is 10.3 Å². The van der Waals surface area contributed by atoms with E-state index in [1.165, 1.54) is 18.2 Å². The first-order chi connectivity index (χ1) is 11.5. The van der Waals surface area contributed by atoms with Crippen LogP contribution in [0, 0.1) is 10.1 Å². The molecule has 1 N–H and O–H groups in total. The van der Waals surface area contributed by atoms with Crippen LogP contribution in [-0.2, 0) is 0 Å². The van der Waals surface area contributed by atoms with Gasteiger partial charge in [0.2, 0.25) is 0 Å². The smallest absolute Gasteiger partial charge is 0.288 e. The lowest BCUT2D eigenvalue weighted by Crippen LogP contribution is -2.12. The monoisotopic (exact) mass is 380 g/mol. The van der Waals surface area contributed by atoms with Crippen molar-refractivity contribution in [2.24, 2.45) is 0 Å². The lowest BCUT2D eigenvalue weighted by atomic mass is 10.1. The van der Waals surface area contributed by atoms with Gasteiger partial charge >= 0.3 is 0 Å². The van der Waals surface area contributed by atoms with Gasteiger partial charge in [-0.05, 0) is 29.8 Å². The number of hydrogen-bond donors (Lipinski definition) is 1. The summed E-state index contributed by atoms with van der Waals surface area (Å²) in [5.74, 6) is 1.85. The molecule has 24 heavy (non-hydrogen) atoms. The zero-order valence-corrected chi connectivity index (χ0v) is 14.8. The molecule has 0 unspecified atom stereocenters. The first-order valence-electron chi connectivity index (χ1n) is 7.13. The third kappa shape index (κ3) is 3.85. The van der Waals surface area contributed by atoms with Crippen molar-refractivity contribution in [2.75, 3.05) is 16.8 Å². The average Bonchev–Trinajstić information content (AvgIpc) is 3.09. The van der Waals surface area contributed by atoms with E-state index in [1.54, 1.807) is 6.07 Å². The molecule has 5 nitrogen and oxygen atoms in total. The van der Waals surface area contributed by atoms with Crippen molar-refractivity contribution in [2.45, 2.75) is 4.58 Å². The fourth-order valence-corrected chi connectivity index (χ4v) is 5.34. The summed E-state index contributed by atoms with van der Waals surface area (Å²) >= 11 is 9.55. The Morgan fingerprint density at radius 2 is 1.96 bits per heavy atom. The number of nitro benzene ring substituents is 1. The van der Waals surface area contributed by atoms with Gasteiger partial charge in [-0.15, -0.1) is 23.5 Å². The van der Waals surface area contributed by atoms with Crippen LogP contribution >= 0.6 is 35.1 Å². The van der Waals surface area contributed by atoms with Crippen molar-refractivity contribution in [3.8, 4) is 0 Å². The molecule has 0 bridgehead atoms. The van der Waals surface area contributed by atoms with Crippen LogP contribution in [0.2, 0.25) is 5.02 Å². The number of thioether (sulfide) groups is 2. The maximum atomic E-state index is 12.3. The molecule has 2 aromatic carbocycles. The second kappa shape index (κ2) is 7.46. The van der Waals surface area contributed by atoms with Crippen molar-refractivity contribution in [3.05, 3.63) is 68.7 Å². The van der Waals surface area contributed by atoms with E-state index < -0.39 is 10.8 Å². The number of carbonyl (C=O) groups is 1. The third-order valence-electron chi connectivity index (χ3n) is 3.44. The second-order valence-electron chi connectivity index (χ2n) is 5.08. The summed E-state index contributed by atoms with van der Waals surface area (Å²) in [5, 5.41) is 13.7. The van der Waals surface area contributed by atoms with E-state index in [4.69, 9.17) is 11.6 Å². The Balaban J connectivity index is 1.78. The molecule has 0 atom stereocenters. The van der Waals surface area contributed by atoms with Gasteiger partial charge in [-0.2, -0.15) is 0 Å². The zero-order valence-electron chi connectivity index (χ0n) is 12.4. The SMILES string of the molecule is O=C(Nc1cccc(C2SCCS2)c1)c1ccc(Cl)c([N+](=O)[O-])c1. The molecule has 0 radical (unpaired) electrons. The maximum Gasteiger partial charge on any atom is 0.288 e. The van der Waals surface area contributed by atoms with E-state index >= 15 is 0 Å². The molecule has 1 amide bonds. The molecular weight excluding hydrogens is 368 g/mol. The standard InChI is InChI=1S/C16H13ClN2O3S2/c17-13-5-4-10(9-14(13)19(21)22)15(20)18-12-3-1-2-11(8-12)16-23-6-7-24-16/h1-5,8-9,16H,6-7H2,(H,18,20). The first kappa shape index (κ1) is 17.1. The number of nitro groups is 1. The molecule has 1 heterocycles. The van der Waals surface area contributed by atoms with Gasteiger partial charge in [-0.1, -0.05) is 23.7 Å². The third-order valence-corrected chi connectivity index (χ3v) is 6.87. The number of anilines is 1. The average molecular weight is 381 g/mol. The molecule has 0 spiro atoms. The first-order valence-corrected chi connectivity index (χ1v) is 9.60. The molecule has 124 valence electrons. The van der Waals surface area contributed by atoms with Gasteiger partial charge in [0.25, 0.3) is 11.6 Å².